The Balaban J connectivity index is 1.55. The van der Waals surface area contributed by atoms with Crippen LogP contribution >= 0.6 is 11.6 Å². The number of rotatable bonds is 8. The Morgan fingerprint density at radius 1 is 1.00 bits per heavy atom. The van der Waals surface area contributed by atoms with Crippen molar-refractivity contribution in [3.63, 3.8) is 0 Å². The number of amides is 1. The number of carbonyl (C=O) groups excluding carboxylic acids is 2. The summed E-state index contributed by atoms with van der Waals surface area (Å²) in [7, 11) is -1.15. The molecule has 12 heteroatoms. The number of para-hydroxylation sites is 2. The molecule has 0 saturated carbocycles. The highest BCUT2D eigenvalue weighted by molar-refractivity contribution is 7.92. The van der Waals surface area contributed by atoms with Crippen molar-refractivity contribution in [1.82, 2.24) is 9.36 Å². The van der Waals surface area contributed by atoms with Crippen LogP contribution in [0.2, 0.25) is 5.02 Å². The zero-order chi connectivity index (χ0) is 28.3. The number of aromatic nitrogens is 2. The van der Waals surface area contributed by atoms with E-state index in [-0.39, 0.29) is 21.2 Å². The number of nitrogens with zero attached hydrogens (tertiary/aromatic N) is 3. The fourth-order valence-corrected chi connectivity index (χ4v) is 5.14. The van der Waals surface area contributed by atoms with Gasteiger partial charge in [0.1, 0.15) is 5.69 Å². The van der Waals surface area contributed by atoms with Gasteiger partial charge in [0.2, 0.25) is 0 Å². The summed E-state index contributed by atoms with van der Waals surface area (Å²) in [4.78, 5) is 39.3. The number of hydrogen-bond donors (Lipinski definition) is 1. The van der Waals surface area contributed by atoms with Gasteiger partial charge in [0.15, 0.2) is 6.61 Å². The molecule has 0 saturated heterocycles. The van der Waals surface area contributed by atoms with Crippen molar-refractivity contribution in [2.24, 2.45) is 7.05 Å². The average Bonchev–Trinajstić information content (AvgIpc) is 3.14. The summed E-state index contributed by atoms with van der Waals surface area (Å²) in [6.07, 6.45) is 0. The smallest absolute Gasteiger partial charge is 0.340 e. The number of carbonyl (C=O) groups is 2. The van der Waals surface area contributed by atoms with Gasteiger partial charge >= 0.3 is 5.97 Å². The van der Waals surface area contributed by atoms with Gasteiger partial charge in [-0.25, -0.2) is 17.9 Å². The minimum atomic E-state index is -4.32. The SMILES string of the molecule is Cc1c(NS(=O)(=O)c2ccc(Cl)c(C(=O)OCC(=O)N(C)c3ccccc3)c2)c(=O)n(-c2ccccc2)n1C. The molecular formula is C27H25ClN4O6S. The van der Waals surface area contributed by atoms with Crippen molar-refractivity contribution in [2.75, 3.05) is 23.3 Å². The molecule has 4 aromatic rings. The van der Waals surface area contributed by atoms with Crippen LogP contribution in [0.15, 0.2) is 88.6 Å². The second-order valence-electron chi connectivity index (χ2n) is 8.55. The van der Waals surface area contributed by atoms with Crippen molar-refractivity contribution in [3.05, 3.63) is 105 Å². The molecular weight excluding hydrogens is 544 g/mol. The Morgan fingerprint density at radius 2 is 1.62 bits per heavy atom. The topological polar surface area (TPSA) is 120 Å². The van der Waals surface area contributed by atoms with Crippen LogP contribution in [0.5, 0.6) is 0 Å². The first-order valence-electron chi connectivity index (χ1n) is 11.7. The molecule has 10 nitrogen and oxygen atoms in total. The van der Waals surface area contributed by atoms with Crippen molar-refractivity contribution < 1.29 is 22.7 Å². The van der Waals surface area contributed by atoms with E-state index in [1.807, 2.05) is 0 Å². The lowest BCUT2D eigenvalue weighted by Crippen LogP contribution is -2.31. The summed E-state index contributed by atoms with van der Waals surface area (Å²) < 4.78 is 36.8. The molecule has 39 heavy (non-hydrogen) atoms. The highest BCUT2D eigenvalue weighted by Gasteiger charge is 2.25. The molecule has 3 aromatic carbocycles. The molecule has 0 aliphatic carbocycles. The summed E-state index contributed by atoms with van der Waals surface area (Å²) in [6, 6.07) is 21.0. The Hall–Kier alpha value is -4.35. The average molecular weight is 569 g/mol. The standard InChI is InChI=1S/C27H25ClN4O6S/c1-18-25(26(34)32(31(18)3)20-12-8-5-9-13-20)29-39(36,37)21-14-15-23(28)22(16-21)27(35)38-17-24(33)30(2)19-10-6-4-7-11-19/h4-16,29H,17H2,1-3H3. The number of ether oxygens (including phenoxy) is 1. The van der Waals surface area contributed by atoms with Crippen LogP contribution in [0.1, 0.15) is 16.1 Å². The Bertz CT molecular complexity index is 1700. The summed E-state index contributed by atoms with van der Waals surface area (Å²) >= 11 is 6.15. The minimum Gasteiger partial charge on any atom is -0.452 e. The Kier molecular flexibility index (Phi) is 7.93. The van der Waals surface area contributed by atoms with Gasteiger partial charge in [-0.05, 0) is 49.4 Å². The Labute approximate surface area is 230 Å². The highest BCUT2D eigenvalue weighted by Crippen LogP contribution is 2.24. The van der Waals surface area contributed by atoms with Crippen molar-refractivity contribution >= 4 is 44.9 Å². The van der Waals surface area contributed by atoms with E-state index >= 15 is 0 Å². The van der Waals surface area contributed by atoms with Gasteiger partial charge in [-0.1, -0.05) is 48.0 Å². The second kappa shape index (κ2) is 11.2. The lowest BCUT2D eigenvalue weighted by Gasteiger charge is -2.17. The molecule has 0 aliphatic heterocycles. The van der Waals surface area contributed by atoms with Crippen LogP contribution in [0, 0.1) is 6.92 Å². The maximum atomic E-state index is 13.2. The predicted molar refractivity (Wildman–Crippen MR) is 148 cm³/mol. The third kappa shape index (κ3) is 5.74. The van der Waals surface area contributed by atoms with Crippen LogP contribution in [0.4, 0.5) is 11.4 Å². The Morgan fingerprint density at radius 3 is 2.26 bits per heavy atom. The zero-order valence-corrected chi connectivity index (χ0v) is 22.9. The van der Waals surface area contributed by atoms with E-state index in [2.05, 4.69) is 4.72 Å². The van der Waals surface area contributed by atoms with Crippen LogP contribution in [0.3, 0.4) is 0 Å². The molecule has 0 aliphatic rings. The fraction of sp³-hybridized carbons (Fsp3) is 0.148. The summed E-state index contributed by atoms with van der Waals surface area (Å²) in [5, 5.41) is -0.0647. The molecule has 4 rings (SSSR count). The van der Waals surface area contributed by atoms with Gasteiger partial charge in [-0.2, -0.15) is 0 Å². The number of halogens is 1. The summed E-state index contributed by atoms with van der Waals surface area (Å²) in [6.45, 7) is 1.02. The third-order valence-corrected chi connectivity index (χ3v) is 7.78. The largest absolute Gasteiger partial charge is 0.452 e. The monoisotopic (exact) mass is 568 g/mol. The number of hydrogen-bond acceptors (Lipinski definition) is 6. The molecule has 0 atom stereocenters. The molecule has 0 spiro atoms. The molecule has 1 aromatic heterocycles. The van der Waals surface area contributed by atoms with Crippen LogP contribution in [-0.2, 0) is 26.6 Å². The van der Waals surface area contributed by atoms with Gasteiger partial charge < -0.3 is 9.64 Å². The van der Waals surface area contributed by atoms with E-state index in [9.17, 15) is 22.8 Å². The van der Waals surface area contributed by atoms with E-state index in [0.29, 0.717) is 17.1 Å². The van der Waals surface area contributed by atoms with Gasteiger partial charge in [-0.15, -0.1) is 0 Å². The maximum absolute atomic E-state index is 13.2. The third-order valence-electron chi connectivity index (χ3n) is 6.10. The molecule has 1 N–H and O–H groups in total. The molecule has 0 bridgehead atoms. The number of sulfonamides is 1. The van der Waals surface area contributed by atoms with Gasteiger partial charge in [0.05, 0.1) is 26.9 Å². The first-order chi connectivity index (χ1) is 18.5. The van der Waals surface area contributed by atoms with E-state index in [0.717, 1.165) is 6.07 Å². The van der Waals surface area contributed by atoms with E-state index < -0.39 is 34.1 Å². The maximum Gasteiger partial charge on any atom is 0.340 e. The second-order valence-corrected chi connectivity index (χ2v) is 10.6. The first-order valence-corrected chi connectivity index (χ1v) is 13.5. The van der Waals surface area contributed by atoms with E-state index in [4.69, 9.17) is 16.3 Å². The zero-order valence-electron chi connectivity index (χ0n) is 21.3. The number of likely N-dealkylation sites (N-methyl/N-ethyl adjacent to an activating group) is 1. The number of benzene rings is 3. The minimum absolute atomic E-state index is 0.0647. The van der Waals surface area contributed by atoms with E-state index in [1.54, 1.807) is 74.6 Å². The van der Waals surface area contributed by atoms with Crippen LogP contribution in [-0.4, -0.2) is 43.3 Å². The normalized spacial score (nSPS) is 11.2. The fourth-order valence-electron chi connectivity index (χ4n) is 3.80. The highest BCUT2D eigenvalue weighted by atomic mass is 35.5. The molecule has 202 valence electrons. The summed E-state index contributed by atoms with van der Waals surface area (Å²) in [5.74, 6) is -1.47. The first kappa shape index (κ1) is 27.7. The summed E-state index contributed by atoms with van der Waals surface area (Å²) in [5.41, 5.74) is 0.582. The number of anilines is 2. The van der Waals surface area contributed by atoms with Gasteiger partial charge in [0, 0.05) is 19.8 Å². The predicted octanol–water partition coefficient (Wildman–Crippen LogP) is 3.76. The lowest BCUT2D eigenvalue weighted by molar-refractivity contribution is -0.121. The van der Waals surface area contributed by atoms with Gasteiger partial charge in [-0.3, -0.25) is 19.0 Å². The van der Waals surface area contributed by atoms with Crippen LogP contribution < -0.4 is 15.2 Å². The number of nitrogens with one attached hydrogen (secondary N) is 1. The van der Waals surface area contributed by atoms with E-state index in [1.165, 1.54) is 33.4 Å². The molecule has 0 fully saturated rings. The van der Waals surface area contributed by atoms with Crippen LogP contribution in [0.25, 0.3) is 5.69 Å². The molecule has 0 radical (unpaired) electrons. The quantitative estimate of drug-likeness (QED) is 0.323. The molecule has 1 heterocycles. The molecule has 0 unspecified atom stereocenters. The van der Waals surface area contributed by atoms with Crippen molar-refractivity contribution in [1.29, 1.82) is 0 Å². The van der Waals surface area contributed by atoms with Crippen molar-refractivity contribution in [2.45, 2.75) is 11.8 Å². The number of esters is 1. The molecule has 1 amide bonds. The lowest BCUT2D eigenvalue weighted by atomic mass is 10.2. The van der Waals surface area contributed by atoms with Gasteiger partial charge in [0.25, 0.3) is 21.5 Å². The van der Waals surface area contributed by atoms with Crippen molar-refractivity contribution in [3.8, 4) is 5.69 Å².